The Balaban J connectivity index is 2.66. The van der Waals surface area contributed by atoms with Gasteiger partial charge in [0.1, 0.15) is 0 Å². The van der Waals surface area contributed by atoms with E-state index >= 15 is 0 Å². The molecule has 0 spiro atoms. The van der Waals surface area contributed by atoms with Crippen LogP contribution in [0.25, 0.3) is 10.9 Å². The Bertz CT molecular complexity index is 570. The van der Waals surface area contributed by atoms with Crippen molar-refractivity contribution in [2.75, 3.05) is 7.11 Å². The van der Waals surface area contributed by atoms with E-state index in [0.717, 1.165) is 16.6 Å². The van der Waals surface area contributed by atoms with Crippen molar-refractivity contribution >= 4 is 16.9 Å². The maximum Gasteiger partial charge on any atom is 0.337 e. The second-order valence-corrected chi connectivity index (χ2v) is 4.35. The molecule has 0 aliphatic rings. The van der Waals surface area contributed by atoms with Gasteiger partial charge in [-0.05, 0) is 32.9 Å². The van der Waals surface area contributed by atoms with Gasteiger partial charge in [-0.15, -0.1) is 0 Å². The monoisotopic (exact) mass is 232 g/mol. The molecule has 0 fully saturated rings. The van der Waals surface area contributed by atoms with Crippen LogP contribution in [0, 0.1) is 6.92 Å². The molecule has 0 atom stereocenters. The Morgan fingerprint density at radius 1 is 1.41 bits per heavy atom. The first-order chi connectivity index (χ1) is 8.04. The predicted octanol–water partition coefficient (Wildman–Crippen LogP) is 2.71. The first-order valence-electron chi connectivity index (χ1n) is 5.61. The van der Waals surface area contributed by atoms with Gasteiger partial charge in [0.2, 0.25) is 0 Å². The van der Waals surface area contributed by atoms with E-state index in [1.54, 1.807) is 6.07 Å². The van der Waals surface area contributed by atoms with Crippen LogP contribution in [0.1, 0.15) is 35.9 Å². The lowest BCUT2D eigenvalue weighted by Crippen LogP contribution is -2.04. The number of aromatic nitrogens is 2. The standard InChI is InChI=1S/C13H16N2O2/c1-8(2)15-12-7-10(13(16)17-4)5-6-11(12)9(3)14-15/h5-8H,1-4H3. The number of aryl methyl sites for hydroxylation is 1. The molecule has 0 N–H and O–H groups in total. The Hall–Kier alpha value is -1.84. The largest absolute Gasteiger partial charge is 0.465 e. The first-order valence-corrected chi connectivity index (χ1v) is 5.61. The number of carbonyl (C=O) groups is 1. The molecule has 0 unspecified atom stereocenters. The predicted molar refractivity (Wildman–Crippen MR) is 66.2 cm³/mol. The lowest BCUT2D eigenvalue weighted by molar-refractivity contribution is 0.0601. The SMILES string of the molecule is COC(=O)c1ccc2c(C)nn(C(C)C)c2c1. The van der Waals surface area contributed by atoms with Crippen molar-refractivity contribution in [2.45, 2.75) is 26.8 Å². The van der Waals surface area contributed by atoms with Gasteiger partial charge in [-0.3, -0.25) is 4.68 Å². The molecule has 4 nitrogen and oxygen atoms in total. The van der Waals surface area contributed by atoms with Gasteiger partial charge in [0.05, 0.1) is 23.9 Å². The molecule has 0 saturated heterocycles. The molecular formula is C13H16N2O2. The fraction of sp³-hybridized carbons (Fsp3) is 0.385. The minimum atomic E-state index is -0.318. The number of ether oxygens (including phenoxy) is 1. The summed E-state index contributed by atoms with van der Waals surface area (Å²) in [6.07, 6.45) is 0. The van der Waals surface area contributed by atoms with Gasteiger partial charge < -0.3 is 4.74 Å². The topological polar surface area (TPSA) is 44.1 Å². The summed E-state index contributed by atoms with van der Waals surface area (Å²) < 4.78 is 6.65. The average Bonchev–Trinajstić information content (AvgIpc) is 2.65. The van der Waals surface area contributed by atoms with Crippen LogP contribution in [0.4, 0.5) is 0 Å². The number of esters is 1. The molecule has 0 saturated carbocycles. The third-order valence-corrected chi connectivity index (χ3v) is 2.80. The summed E-state index contributed by atoms with van der Waals surface area (Å²) in [5.74, 6) is -0.318. The lowest BCUT2D eigenvalue weighted by Gasteiger charge is -2.07. The van der Waals surface area contributed by atoms with E-state index in [-0.39, 0.29) is 12.0 Å². The molecule has 17 heavy (non-hydrogen) atoms. The Morgan fingerprint density at radius 3 is 2.71 bits per heavy atom. The van der Waals surface area contributed by atoms with E-state index in [1.807, 2.05) is 23.7 Å². The summed E-state index contributed by atoms with van der Waals surface area (Å²) in [4.78, 5) is 11.5. The van der Waals surface area contributed by atoms with Crippen LogP contribution in [0.2, 0.25) is 0 Å². The second-order valence-electron chi connectivity index (χ2n) is 4.35. The molecule has 2 rings (SSSR count). The third kappa shape index (κ3) is 1.90. The molecule has 2 aromatic rings. The molecule has 1 aromatic heterocycles. The molecule has 0 bridgehead atoms. The summed E-state index contributed by atoms with van der Waals surface area (Å²) in [6, 6.07) is 5.79. The maximum atomic E-state index is 11.5. The molecule has 0 aliphatic carbocycles. The molecule has 90 valence electrons. The van der Waals surface area contributed by atoms with Crippen LogP contribution in [0.15, 0.2) is 18.2 Å². The summed E-state index contributed by atoms with van der Waals surface area (Å²) in [6.45, 7) is 6.10. The fourth-order valence-corrected chi connectivity index (χ4v) is 1.93. The number of rotatable bonds is 2. The molecule has 0 radical (unpaired) electrons. The van der Waals surface area contributed by atoms with Crippen molar-refractivity contribution in [3.63, 3.8) is 0 Å². The number of benzene rings is 1. The number of fused-ring (bicyclic) bond motifs is 1. The van der Waals surface area contributed by atoms with Crippen molar-refractivity contribution < 1.29 is 9.53 Å². The molecular weight excluding hydrogens is 216 g/mol. The fourth-order valence-electron chi connectivity index (χ4n) is 1.93. The number of carbonyl (C=O) groups excluding carboxylic acids is 1. The summed E-state index contributed by atoms with van der Waals surface area (Å²) in [5, 5.41) is 5.56. The van der Waals surface area contributed by atoms with Crippen molar-refractivity contribution in [3.05, 3.63) is 29.5 Å². The molecule has 1 heterocycles. The van der Waals surface area contributed by atoms with E-state index in [2.05, 4.69) is 18.9 Å². The zero-order valence-corrected chi connectivity index (χ0v) is 10.5. The van der Waals surface area contributed by atoms with Crippen LogP contribution in [-0.2, 0) is 4.74 Å². The van der Waals surface area contributed by atoms with Gasteiger partial charge in [-0.25, -0.2) is 4.79 Å². The summed E-state index contributed by atoms with van der Waals surface area (Å²) >= 11 is 0. The minimum absolute atomic E-state index is 0.263. The minimum Gasteiger partial charge on any atom is -0.465 e. The van der Waals surface area contributed by atoms with Crippen LogP contribution >= 0.6 is 0 Å². The molecule has 1 aromatic carbocycles. The zero-order chi connectivity index (χ0) is 12.6. The van der Waals surface area contributed by atoms with Crippen LogP contribution in [0.5, 0.6) is 0 Å². The number of hydrogen-bond acceptors (Lipinski definition) is 3. The number of nitrogens with zero attached hydrogens (tertiary/aromatic N) is 2. The smallest absolute Gasteiger partial charge is 0.337 e. The molecule has 0 aliphatic heterocycles. The summed E-state index contributed by atoms with van der Waals surface area (Å²) in [7, 11) is 1.39. The highest BCUT2D eigenvalue weighted by Crippen LogP contribution is 2.22. The van der Waals surface area contributed by atoms with Crippen LogP contribution in [-0.4, -0.2) is 22.9 Å². The number of hydrogen-bond donors (Lipinski definition) is 0. The Morgan fingerprint density at radius 2 is 2.12 bits per heavy atom. The average molecular weight is 232 g/mol. The number of methoxy groups -OCH3 is 1. The van der Waals surface area contributed by atoms with E-state index in [9.17, 15) is 4.79 Å². The molecule has 4 heteroatoms. The maximum absolute atomic E-state index is 11.5. The van der Waals surface area contributed by atoms with Crippen molar-refractivity contribution in [1.29, 1.82) is 0 Å². The van der Waals surface area contributed by atoms with Gasteiger partial charge in [0.25, 0.3) is 0 Å². The van der Waals surface area contributed by atoms with E-state index in [4.69, 9.17) is 4.74 Å². The van der Waals surface area contributed by atoms with Gasteiger partial charge >= 0.3 is 5.97 Å². The third-order valence-electron chi connectivity index (χ3n) is 2.80. The van der Waals surface area contributed by atoms with Crippen LogP contribution in [0.3, 0.4) is 0 Å². The highest BCUT2D eigenvalue weighted by atomic mass is 16.5. The lowest BCUT2D eigenvalue weighted by atomic mass is 10.1. The van der Waals surface area contributed by atoms with Gasteiger partial charge in [0.15, 0.2) is 0 Å². The van der Waals surface area contributed by atoms with E-state index in [0.29, 0.717) is 5.56 Å². The van der Waals surface area contributed by atoms with Gasteiger partial charge in [-0.1, -0.05) is 6.07 Å². The highest BCUT2D eigenvalue weighted by molar-refractivity contribution is 5.95. The van der Waals surface area contributed by atoms with E-state index in [1.165, 1.54) is 7.11 Å². The van der Waals surface area contributed by atoms with Crippen LogP contribution < -0.4 is 0 Å². The van der Waals surface area contributed by atoms with E-state index < -0.39 is 0 Å². The summed E-state index contributed by atoms with van der Waals surface area (Å²) in [5.41, 5.74) is 2.51. The normalized spacial score (nSPS) is 11.1. The Kier molecular flexibility index (Phi) is 2.88. The Labute approximate surface area is 100 Å². The quantitative estimate of drug-likeness (QED) is 0.748. The van der Waals surface area contributed by atoms with Crippen molar-refractivity contribution in [2.24, 2.45) is 0 Å². The van der Waals surface area contributed by atoms with Gasteiger partial charge in [-0.2, -0.15) is 5.10 Å². The zero-order valence-electron chi connectivity index (χ0n) is 10.5. The van der Waals surface area contributed by atoms with Crippen molar-refractivity contribution in [1.82, 2.24) is 9.78 Å². The van der Waals surface area contributed by atoms with Gasteiger partial charge in [0, 0.05) is 11.4 Å². The molecule has 0 amide bonds. The second kappa shape index (κ2) is 4.20. The highest BCUT2D eigenvalue weighted by Gasteiger charge is 2.13. The van der Waals surface area contributed by atoms with Crippen molar-refractivity contribution in [3.8, 4) is 0 Å². The first kappa shape index (κ1) is 11.6.